The molecule has 0 N–H and O–H groups in total. The van der Waals surface area contributed by atoms with Gasteiger partial charge in [-0.1, -0.05) is 38.3 Å². The van der Waals surface area contributed by atoms with Crippen LogP contribution in [0.1, 0.15) is 32.6 Å². The van der Waals surface area contributed by atoms with Gasteiger partial charge in [-0.25, -0.2) is 0 Å². The molecular weight excluding hydrogens is 200 g/mol. The lowest BCUT2D eigenvalue weighted by molar-refractivity contribution is 0.304. The number of hydrogen-bond donors (Lipinski definition) is 0. The van der Waals surface area contributed by atoms with E-state index in [0.717, 1.165) is 29.7 Å². The van der Waals surface area contributed by atoms with Gasteiger partial charge in [-0.05, 0) is 18.6 Å². The van der Waals surface area contributed by atoms with E-state index >= 15 is 0 Å². The lowest BCUT2D eigenvalue weighted by atomic mass is 10.2. The lowest BCUT2D eigenvalue weighted by Gasteiger charge is -2.05. The largest absolute Gasteiger partial charge is 0.490 e. The first-order valence-electron chi connectivity index (χ1n) is 6.01. The summed E-state index contributed by atoms with van der Waals surface area (Å²) in [5.41, 5.74) is 0.859. The van der Waals surface area contributed by atoms with Crippen molar-refractivity contribution in [2.24, 2.45) is 0 Å². The second-order valence-electron chi connectivity index (χ2n) is 4.00. The highest BCUT2D eigenvalue weighted by Crippen LogP contribution is 2.26. The molecule has 2 heteroatoms. The normalized spacial score (nSPS) is 10.8. The minimum absolute atomic E-state index is 0.778. The molecule has 0 atom stereocenters. The van der Waals surface area contributed by atoms with E-state index in [9.17, 15) is 0 Å². The number of rotatable bonds is 6. The van der Waals surface area contributed by atoms with Crippen molar-refractivity contribution in [3.63, 3.8) is 0 Å². The Bertz CT molecular complexity index is 431. The molecule has 2 aromatic rings. The Balaban J connectivity index is 1.91. The highest BCUT2D eigenvalue weighted by molar-refractivity contribution is 5.82. The minimum Gasteiger partial charge on any atom is -0.490 e. The number of furan rings is 1. The van der Waals surface area contributed by atoms with E-state index in [-0.39, 0.29) is 0 Å². The summed E-state index contributed by atoms with van der Waals surface area (Å²) < 4.78 is 11.1. The maximum Gasteiger partial charge on any atom is 0.175 e. The molecule has 2 nitrogen and oxygen atoms in total. The number of fused-ring (bicyclic) bond motifs is 1. The van der Waals surface area contributed by atoms with Crippen LogP contribution in [0.15, 0.2) is 34.9 Å². The summed E-state index contributed by atoms with van der Waals surface area (Å²) in [4.78, 5) is 0. The molecule has 0 bridgehead atoms. The van der Waals surface area contributed by atoms with Crippen LogP contribution in [0.5, 0.6) is 5.75 Å². The van der Waals surface area contributed by atoms with Gasteiger partial charge in [-0.3, -0.25) is 0 Å². The molecule has 0 saturated carbocycles. The summed E-state index contributed by atoms with van der Waals surface area (Å²) in [7, 11) is 0. The van der Waals surface area contributed by atoms with E-state index in [2.05, 4.69) is 6.92 Å². The summed E-state index contributed by atoms with van der Waals surface area (Å²) in [5.74, 6) is 0.860. The van der Waals surface area contributed by atoms with Gasteiger partial charge in [-0.2, -0.15) is 0 Å². The van der Waals surface area contributed by atoms with Gasteiger partial charge in [0.15, 0.2) is 11.3 Å². The average Bonchev–Trinajstić information content (AvgIpc) is 2.77. The zero-order valence-electron chi connectivity index (χ0n) is 9.74. The van der Waals surface area contributed by atoms with Gasteiger partial charge in [0.25, 0.3) is 0 Å². The van der Waals surface area contributed by atoms with Crippen LogP contribution in [0.4, 0.5) is 0 Å². The Morgan fingerprint density at radius 1 is 1.12 bits per heavy atom. The van der Waals surface area contributed by atoms with Crippen LogP contribution in [0, 0.1) is 0 Å². The molecule has 1 aromatic heterocycles. The maximum atomic E-state index is 5.73. The van der Waals surface area contributed by atoms with Crippen molar-refractivity contribution in [3.05, 3.63) is 30.5 Å². The SMILES string of the molecule is CCCCCCOc1cccc2ccoc12. The highest BCUT2D eigenvalue weighted by Gasteiger charge is 2.03. The molecule has 0 spiro atoms. The van der Waals surface area contributed by atoms with Crippen molar-refractivity contribution in [2.45, 2.75) is 32.6 Å². The molecule has 86 valence electrons. The fraction of sp³-hybridized carbons (Fsp3) is 0.429. The Morgan fingerprint density at radius 3 is 2.94 bits per heavy atom. The minimum atomic E-state index is 0.778. The maximum absolute atomic E-state index is 5.73. The monoisotopic (exact) mass is 218 g/mol. The Labute approximate surface area is 96.2 Å². The van der Waals surface area contributed by atoms with Gasteiger partial charge in [0, 0.05) is 5.39 Å². The van der Waals surface area contributed by atoms with Crippen LogP contribution >= 0.6 is 0 Å². The Morgan fingerprint density at radius 2 is 2.06 bits per heavy atom. The molecule has 0 fully saturated rings. The number of hydrogen-bond acceptors (Lipinski definition) is 2. The molecule has 1 aromatic carbocycles. The molecule has 0 radical (unpaired) electrons. The molecule has 0 amide bonds. The van der Waals surface area contributed by atoms with Crippen molar-refractivity contribution in [3.8, 4) is 5.75 Å². The lowest BCUT2D eigenvalue weighted by Crippen LogP contribution is -1.97. The second-order valence-corrected chi connectivity index (χ2v) is 4.00. The molecule has 0 aliphatic rings. The molecule has 1 heterocycles. The predicted molar refractivity (Wildman–Crippen MR) is 65.9 cm³/mol. The molecule has 0 aliphatic carbocycles. The molecular formula is C14H18O2. The number of ether oxygens (including phenoxy) is 1. The van der Waals surface area contributed by atoms with E-state index in [0.29, 0.717) is 0 Å². The van der Waals surface area contributed by atoms with E-state index < -0.39 is 0 Å². The van der Waals surface area contributed by atoms with Crippen LogP contribution in [0.3, 0.4) is 0 Å². The van der Waals surface area contributed by atoms with Gasteiger partial charge in [0.1, 0.15) is 0 Å². The van der Waals surface area contributed by atoms with Crippen LogP contribution in [-0.2, 0) is 0 Å². The smallest absolute Gasteiger partial charge is 0.175 e. The fourth-order valence-electron chi connectivity index (χ4n) is 1.79. The predicted octanol–water partition coefficient (Wildman–Crippen LogP) is 4.39. The first kappa shape index (κ1) is 11.1. The Hall–Kier alpha value is -1.44. The third-order valence-corrected chi connectivity index (χ3v) is 2.70. The van der Waals surface area contributed by atoms with E-state index in [4.69, 9.17) is 9.15 Å². The molecule has 0 saturated heterocycles. The summed E-state index contributed by atoms with van der Waals surface area (Å²) in [5, 5.41) is 1.10. The quantitative estimate of drug-likeness (QED) is 0.671. The van der Waals surface area contributed by atoms with Crippen molar-refractivity contribution in [1.29, 1.82) is 0 Å². The summed E-state index contributed by atoms with van der Waals surface area (Å²) >= 11 is 0. The standard InChI is InChI=1S/C14H18O2/c1-2-3-4-5-10-15-13-8-6-7-12-9-11-16-14(12)13/h6-9,11H,2-5,10H2,1H3. The molecule has 16 heavy (non-hydrogen) atoms. The molecule has 2 rings (SSSR count). The molecule has 0 unspecified atom stereocenters. The zero-order valence-corrected chi connectivity index (χ0v) is 9.74. The van der Waals surface area contributed by atoms with Crippen molar-refractivity contribution in [2.75, 3.05) is 6.61 Å². The van der Waals surface area contributed by atoms with E-state index in [1.165, 1.54) is 19.3 Å². The number of benzene rings is 1. The first-order chi connectivity index (χ1) is 7.92. The third-order valence-electron chi connectivity index (χ3n) is 2.70. The number of para-hydroxylation sites is 1. The zero-order chi connectivity index (χ0) is 11.2. The van der Waals surface area contributed by atoms with Gasteiger partial charge in [0.2, 0.25) is 0 Å². The first-order valence-corrected chi connectivity index (χ1v) is 6.01. The van der Waals surface area contributed by atoms with Crippen molar-refractivity contribution in [1.82, 2.24) is 0 Å². The molecule has 0 aliphatic heterocycles. The fourth-order valence-corrected chi connectivity index (χ4v) is 1.79. The van der Waals surface area contributed by atoms with Crippen molar-refractivity contribution < 1.29 is 9.15 Å². The van der Waals surface area contributed by atoms with Gasteiger partial charge < -0.3 is 9.15 Å². The average molecular weight is 218 g/mol. The van der Waals surface area contributed by atoms with Crippen molar-refractivity contribution >= 4 is 11.0 Å². The van der Waals surface area contributed by atoms with Crippen LogP contribution in [0.2, 0.25) is 0 Å². The van der Waals surface area contributed by atoms with Crippen LogP contribution < -0.4 is 4.74 Å². The van der Waals surface area contributed by atoms with Gasteiger partial charge >= 0.3 is 0 Å². The highest BCUT2D eigenvalue weighted by atomic mass is 16.5. The van der Waals surface area contributed by atoms with E-state index in [1.54, 1.807) is 6.26 Å². The second kappa shape index (κ2) is 5.59. The van der Waals surface area contributed by atoms with Crippen LogP contribution in [-0.4, -0.2) is 6.61 Å². The summed E-state index contributed by atoms with van der Waals surface area (Å²) in [6.07, 6.45) is 6.60. The summed E-state index contributed by atoms with van der Waals surface area (Å²) in [6.45, 7) is 2.99. The van der Waals surface area contributed by atoms with Gasteiger partial charge in [0.05, 0.1) is 12.9 Å². The van der Waals surface area contributed by atoms with E-state index in [1.807, 2.05) is 24.3 Å². The summed E-state index contributed by atoms with van der Waals surface area (Å²) in [6, 6.07) is 7.95. The third kappa shape index (κ3) is 2.57. The Kier molecular flexibility index (Phi) is 3.86. The van der Waals surface area contributed by atoms with Crippen LogP contribution in [0.25, 0.3) is 11.0 Å². The topological polar surface area (TPSA) is 22.4 Å². The van der Waals surface area contributed by atoms with Gasteiger partial charge in [-0.15, -0.1) is 0 Å². The number of unbranched alkanes of at least 4 members (excludes halogenated alkanes) is 3.